The van der Waals surface area contributed by atoms with Gasteiger partial charge in [0.1, 0.15) is 5.75 Å². The average molecular weight is 263 g/mol. The molecule has 0 fully saturated rings. The molecule has 0 amide bonds. The third kappa shape index (κ3) is 7.89. The second kappa shape index (κ2) is 9.85. The van der Waals surface area contributed by atoms with Crippen LogP contribution in [0, 0.1) is 5.92 Å². The molecule has 2 nitrogen and oxygen atoms in total. The predicted octanol–water partition coefficient (Wildman–Crippen LogP) is 4.39. The van der Waals surface area contributed by atoms with E-state index in [4.69, 9.17) is 4.74 Å². The Bertz CT molecular complexity index is 336. The van der Waals surface area contributed by atoms with Gasteiger partial charge in [0.2, 0.25) is 0 Å². The first kappa shape index (κ1) is 16.0. The summed E-state index contributed by atoms with van der Waals surface area (Å²) >= 11 is 0. The van der Waals surface area contributed by atoms with Gasteiger partial charge in [0.05, 0.1) is 6.61 Å². The molecule has 0 aromatic heterocycles. The fourth-order valence-electron chi connectivity index (χ4n) is 2.00. The van der Waals surface area contributed by atoms with Crippen molar-refractivity contribution in [2.45, 2.75) is 53.0 Å². The normalized spacial score (nSPS) is 10.9. The molecule has 0 heterocycles. The number of hydrogen-bond acceptors (Lipinski definition) is 2. The maximum Gasteiger partial charge on any atom is 0.119 e. The Morgan fingerprint density at radius 3 is 2.79 bits per heavy atom. The van der Waals surface area contributed by atoms with Crippen molar-refractivity contribution >= 4 is 0 Å². The van der Waals surface area contributed by atoms with E-state index >= 15 is 0 Å². The first-order valence-corrected chi connectivity index (χ1v) is 7.64. The van der Waals surface area contributed by atoms with Gasteiger partial charge in [-0.05, 0) is 43.0 Å². The summed E-state index contributed by atoms with van der Waals surface area (Å²) in [4.78, 5) is 0. The molecule has 108 valence electrons. The third-order valence-corrected chi connectivity index (χ3v) is 3.09. The van der Waals surface area contributed by atoms with Crippen molar-refractivity contribution in [2.75, 3.05) is 13.2 Å². The number of hydrogen-bond donors (Lipinski definition) is 1. The van der Waals surface area contributed by atoms with Crippen LogP contribution in [0.3, 0.4) is 0 Å². The number of nitrogens with one attached hydrogen (secondary N) is 1. The molecular weight excluding hydrogens is 234 g/mol. The Morgan fingerprint density at radius 2 is 2.05 bits per heavy atom. The van der Waals surface area contributed by atoms with E-state index in [1.165, 1.54) is 24.8 Å². The summed E-state index contributed by atoms with van der Waals surface area (Å²) in [6.07, 6.45) is 4.98. The maximum atomic E-state index is 5.64. The van der Waals surface area contributed by atoms with E-state index in [0.717, 1.165) is 37.8 Å². The molecule has 0 aliphatic rings. The number of unbranched alkanes of at least 4 members (excludes halogenated alkanes) is 1. The number of ether oxygens (including phenoxy) is 1. The lowest BCUT2D eigenvalue weighted by Gasteiger charge is -2.09. The standard InChI is InChI=1S/C17H29NO/c1-4-12-19-17-10-7-9-16(13-17)14-18-11-6-5-8-15(2)3/h7,9-10,13,15,18H,4-6,8,11-12,14H2,1-3H3. The van der Waals surface area contributed by atoms with Crippen LogP contribution in [0.15, 0.2) is 24.3 Å². The van der Waals surface area contributed by atoms with E-state index in [2.05, 4.69) is 44.3 Å². The molecule has 0 radical (unpaired) electrons. The highest BCUT2D eigenvalue weighted by Gasteiger charge is 1.97. The second-order valence-electron chi connectivity index (χ2n) is 5.56. The monoisotopic (exact) mass is 263 g/mol. The van der Waals surface area contributed by atoms with Crippen LogP contribution in [0.5, 0.6) is 5.75 Å². The lowest BCUT2D eigenvalue weighted by atomic mass is 10.1. The van der Waals surface area contributed by atoms with Crippen molar-refractivity contribution in [3.8, 4) is 5.75 Å². The summed E-state index contributed by atoms with van der Waals surface area (Å²) in [6, 6.07) is 8.39. The van der Waals surface area contributed by atoms with Gasteiger partial charge < -0.3 is 10.1 Å². The van der Waals surface area contributed by atoms with E-state index in [9.17, 15) is 0 Å². The molecule has 0 bridgehead atoms. The molecule has 19 heavy (non-hydrogen) atoms. The summed E-state index contributed by atoms with van der Waals surface area (Å²) < 4.78 is 5.64. The molecule has 0 spiro atoms. The van der Waals surface area contributed by atoms with Crippen molar-refractivity contribution in [2.24, 2.45) is 5.92 Å². The number of rotatable bonds is 10. The van der Waals surface area contributed by atoms with Crippen molar-refractivity contribution in [3.05, 3.63) is 29.8 Å². The van der Waals surface area contributed by atoms with Gasteiger partial charge in [-0.1, -0.05) is 45.7 Å². The maximum absolute atomic E-state index is 5.64. The van der Waals surface area contributed by atoms with E-state index in [-0.39, 0.29) is 0 Å². The summed E-state index contributed by atoms with van der Waals surface area (Å²) in [5, 5.41) is 3.50. The summed E-state index contributed by atoms with van der Waals surface area (Å²) in [7, 11) is 0. The van der Waals surface area contributed by atoms with Crippen LogP contribution >= 0.6 is 0 Å². The summed E-state index contributed by atoms with van der Waals surface area (Å²) in [5.74, 6) is 1.81. The Hall–Kier alpha value is -1.02. The van der Waals surface area contributed by atoms with Crippen LogP contribution in [-0.4, -0.2) is 13.2 Å². The van der Waals surface area contributed by atoms with Crippen LogP contribution in [0.25, 0.3) is 0 Å². The minimum absolute atomic E-state index is 0.798. The zero-order valence-electron chi connectivity index (χ0n) is 12.7. The molecule has 2 heteroatoms. The van der Waals surface area contributed by atoms with Gasteiger partial charge in [-0.25, -0.2) is 0 Å². The van der Waals surface area contributed by atoms with Crippen molar-refractivity contribution in [1.29, 1.82) is 0 Å². The predicted molar refractivity (Wildman–Crippen MR) is 82.6 cm³/mol. The molecule has 0 saturated carbocycles. The van der Waals surface area contributed by atoms with Gasteiger partial charge in [0, 0.05) is 6.54 Å². The van der Waals surface area contributed by atoms with E-state index in [1.54, 1.807) is 0 Å². The highest BCUT2D eigenvalue weighted by Crippen LogP contribution is 2.13. The fourth-order valence-corrected chi connectivity index (χ4v) is 2.00. The lowest BCUT2D eigenvalue weighted by Crippen LogP contribution is -2.14. The molecule has 1 aromatic carbocycles. The minimum atomic E-state index is 0.798. The van der Waals surface area contributed by atoms with Crippen molar-refractivity contribution in [1.82, 2.24) is 5.32 Å². The van der Waals surface area contributed by atoms with Gasteiger partial charge >= 0.3 is 0 Å². The van der Waals surface area contributed by atoms with Crippen LogP contribution in [0.4, 0.5) is 0 Å². The van der Waals surface area contributed by atoms with E-state index in [0.29, 0.717) is 0 Å². The summed E-state index contributed by atoms with van der Waals surface area (Å²) in [6.45, 7) is 9.54. The van der Waals surface area contributed by atoms with Gasteiger partial charge in [0.15, 0.2) is 0 Å². The molecule has 0 aliphatic heterocycles. The SMILES string of the molecule is CCCOc1cccc(CNCCCCC(C)C)c1. The largest absolute Gasteiger partial charge is 0.494 e. The molecule has 1 aromatic rings. The summed E-state index contributed by atoms with van der Waals surface area (Å²) in [5.41, 5.74) is 1.30. The molecule has 0 atom stereocenters. The highest BCUT2D eigenvalue weighted by molar-refractivity contribution is 5.28. The zero-order valence-corrected chi connectivity index (χ0v) is 12.7. The average Bonchev–Trinajstić information content (AvgIpc) is 2.40. The van der Waals surface area contributed by atoms with E-state index in [1.807, 2.05) is 6.07 Å². The molecule has 0 saturated heterocycles. The number of benzene rings is 1. The second-order valence-corrected chi connectivity index (χ2v) is 5.56. The molecule has 1 rings (SSSR count). The highest BCUT2D eigenvalue weighted by atomic mass is 16.5. The quantitative estimate of drug-likeness (QED) is 0.632. The fraction of sp³-hybridized carbons (Fsp3) is 0.647. The molecule has 0 aliphatic carbocycles. The van der Waals surface area contributed by atoms with Gasteiger partial charge in [-0.3, -0.25) is 0 Å². The minimum Gasteiger partial charge on any atom is -0.494 e. The van der Waals surface area contributed by atoms with E-state index < -0.39 is 0 Å². The van der Waals surface area contributed by atoms with Crippen molar-refractivity contribution < 1.29 is 4.74 Å². The van der Waals surface area contributed by atoms with Crippen LogP contribution < -0.4 is 10.1 Å². The first-order valence-electron chi connectivity index (χ1n) is 7.64. The lowest BCUT2D eigenvalue weighted by molar-refractivity contribution is 0.317. The Morgan fingerprint density at radius 1 is 1.21 bits per heavy atom. The molecule has 1 N–H and O–H groups in total. The van der Waals surface area contributed by atoms with Gasteiger partial charge in [-0.15, -0.1) is 0 Å². The van der Waals surface area contributed by atoms with Crippen LogP contribution in [0.2, 0.25) is 0 Å². The Kier molecular flexibility index (Phi) is 8.31. The molecule has 0 unspecified atom stereocenters. The van der Waals surface area contributed by atoms with Gasteiger partial charge in [0.25, 0.3) is 0 Å². The Labute approximate surface area is 118 Å². The Balaban J connectivity index is 2.18. The smallest absolute Gasteiger partial charge is 0.119 e. The third-order valence-electron chi connectivity index (χ3n) is 3.09. The molecular formula is C17H29NO. The van der Waals surface area contributed by atoms with Crippen molar-refractivity contribution in [3.63, 3.8) is 0 Å². The van der Waals surface area contributed by atoms with Crippen LogP contribution in [0.1, 0.15) is 52.0 Å². The first-order chi connectivity index (χ1) is 9.22. The topological polar surface area (TPSA) is 21.3 Å². The van der Waals surface area contributed by atoms with Crippen LogP contribution in [-0.2, 0) is 6.54 Å². The zero-order chi connectivity index (χ0) is 13.9. The van der Waals surface area contributed by atoms with Gasteiger partial charge in [-0.2, -0.15) is 0 Å².